The summed E-state index contributed by atoms with van der Waals surface area (Å²) in [5.74, 6) is 1.12. The number of nitrogens with one attached hydrogen (secondary N) is 1. The van der Waals surface area contributed by atoms with Crippen LogP contribution in [0.3, 0.4) is 0 Å². The highest BCUT2D eigenvalue weighted by Crippen LogP contribution is 2.29. The summed E-state index contributed by atoms with van der Waals surface area (Å²) in [6.45, 7) is 4.18. The van der Waals surface area contributed by atoms with Gasteiger partial charge in [-0.1, -0.05) is 0 Å². The first-order chi connectivity index (χ1) is 16.0. The molecule has 1 saturated heterocycles. The summed E-state index contributed by atoms with van der Waals surface area (Å²) in [7, 11) is 1.85. The predicted octanol–water partition coefficient (Wildman–Crippen LogP) is 1.98. The summed E-state index contributed by atoms with van der Waals surface area (Å²) in [5, 5.41) is 16.7. The van der Waals surface area contributed by atoms with Crippen molar-refractivity contribution in [3.05, 3.63) is 42.3 Å². The smallest absolute Gasteiger partial charge is 0.239 e. The molecule has 11 heteroatoms. The molecule has 1 atom stereocenters. The minimum atomic E-state index is -0.387. The van der Waals surface area contributed by atoms with Crippen LogP contribution in [0.5, 0.6) is 0 Å². The Hall–Kier alpha value is -3.57. The number of aliphatic hydroxyl groups is 1. The minimum Gasteiger partial charge on any atom is -0.395 e. The molecule has 0 radical (unpaired) electrons. The zero-order chi connectivity index (χ0) is 22.9. The molecule has 0 bridgehead atoms. The van der Waals surface area contributed by atoms with Crippen LogP contribution in [0.4, 0.5) is 16.2 Å². The van der Waals surface area contributed by atoms with Crippen LogP contribution < -0.4 is 10.2 Å². The maximum atomic E-state index is 14.2. The van der Waals surface area contributed by atoms with E-state index < -0.39 is 0 Å². The van der Waals surface area contributed by atoms with E-state index in [0.717, 1.165) is 11.5 Å². The van der Waals surface area contributed by atoms with Gasteiger partial charge < -0.3 is 20.1 Å². The van der Waals surface area contributed by atoms with E-state index in [4.69, 9.17) is 14.7 Å². The SMILES string of the molecule is C[C@@H]1COCCN1c1cc(-c2ccnn2C)nc(-n2c(NCCO)nc3ccc(F)cc32)n1. The Kier molecular flexibility index (Phi) is 5.65. The molecule has 1 aliphatic heterocycles. The van der Waals surface area contributed by atoms with Crippen LogP contribution in [0.15, 0.2) is 36.5 Å². The fourth-order valence-electron chi connectivity index (χ4n) is 4.03. The minimum absolute atomic E-state index is 0.0793. The van der Waals surface area contributed by atoms with E-state index in [-0.39, 0.29) is 25.0 Å². The van der Waals surface area contributed by atoms with Crippen molar-refractivity contribution in [3.8, 4) is 17.3 Å². The molecule has 0 aliphatic carbocycles. The van der Waals surface area contributed by atoms with Gasteiger partial charge in [-0.15, -0.1) is 0 Å². The molecule has 2 N–H and O–H groups in total. The fourth-order valence-corrected chi connectivity index (χ4v) is 4.03. The molecule has 1 aromatic carbocycles. The van der Waals surface area contributed by atoms with Crippen LogP contribution in [0, 0.1) is 5.82 Å². The molecule has 33 heavy (non-hydrogen) atoms. The number of imidazole rings is 1. The predicted molar refractivity (Wildman–Crippen MR) is 122 cm³/mol. The van der Waals surface area contributed by atoms with Crippen LogP contribution in [0.25, 0.3) is 28.4 Å². The molecule has 3 aromatic heterocycles. The molecule has 0 unspecified atom stereocenters. The van der Waals surface area contributed by atoms with Crippen LogP contribution in [0.1, 0.15) is 6.92 Å². The topological polar surface area (TPSA) is 106 Å². The lowest BCUT2D eigenvalue weighted by Crippen LogP contribution is -2.44. The average Bonchev–Trinajstić information content (AvgIpc) is 3.40. The van der Waals surface area contributed by atoms with Crippen molar-refractivity contribution < 1.29 is 14.2 Å². The molecule has 4 aromatic rings. The number of fused-ring (bicyclic) bond motifs is 1. The molecule has 10 nitrogen and oxygen atoms in total. The number of aryl methyl sites for hydroxylation is 1. The Morgan fingerprint density at radius 1 is 1.21 bits per heavy atom. The summed E-state index contributed by atoms with van der Waals surface area (Å²) in [4.78, 5) is 16.4. The number of hydrogen-bond acceptors (Lipinski definition) is 8. The lowest BCUT2D eigenvalue weighted by Gasteiger charge is -2.34. The van der Waals surface area contributed by atoms with E-state index >= 15 is 0 Å². The third-order valence-corrected chi connectivity index (χ3v) is 5.66. The number of benzene rings is 1. The van der Waals surface area contributed by atoms with Crippen molar-refractivity contribution in [2.24, 2.45) is 7.05 Å². The zero-order valence-electron chi connectivity index (χ0n) is 18.4. The zero-order valence-corrected chi connectivity index (χ0v) is 18.4. The van der Waals surface area contributed by atoms with Gasteiger partial charge in [0.25, 0.3) is 0 Å². The van der Waals surface area contributed by atoms with Gasteiger partial charge in [0, 0.05) is 38.5 Å². The van der Waals surface area contributed by atoms with E-state index in [9.17, 15) is 9.50 Å². The summed E-state index contributed by atoms with van der Waals surface area (Å²) in [6.07, 6.45) is 1.71. The van der Waals surface area contributed by atoms with Crippen molar-refractivity contribution in [3.63, 3.8) is 0 Å². The highest BCUT2D eigenvalue weighted by Gasteiger charge is 2.24. The number of hydrogen-bond donors (Lipinski definition) is 2. The van der Waals surface area contributed by atoms with Crippen molar-refractivity contribution in [1.29, 1.82) is 0 Å². The van der Waals surface area contributed by atoms with Crippen molar-refractivity contribution in [2.45, 2.75) is 13.0 Å². The van der Waals surface area contributed by atoms with Gasteiger partial charge >= 0.3 is 0 Å². The summed E-state index contributed by atoms with van der Waals surface area (Å²) in [5.41, 5.74) is 2.62. The van der Waals surface area contributed by atoms with Gasteiger partial charge in [-0.05, 0) is 25.1 Å². The highest BCUT2D eigenvalue weighted by molar-refractivity contribution is 5.81. The summed E-state index contributed by atoms with van der Waals surface area (Å²) >= 11 is 0. The Morgan fingerprint density at radius 3 is 2.85 bits per heavy atom. The lowest BCUT2D eigenvalue weighted by molar-refractivity contribution is 0.0985. The number of halogens is 1. The molecule has 1 aliphatic rings. The lowest BCUT2D eigenvalue weighted by atomic mass is 10.2. The third-order valence-electron chi connectivity index (χ3n) is 5.66. The molecular weight excluding hydrogens is 427 g/mol. The number of morpholine rings is 1. The van der Waals surface area contributed by atoms with E-state index in [2.05, 4.69) is 27.2 Å². The first-order valence-corrected chi connectivity index (χ1v) is 10.8. The van der Waals surface area contributed by atoms with Crippen molar-refractivity contribution in [1.82, 2.24) is 29.3 Å². The Bertz CT molecular complexity index is 1290. The molecule has 172 valence electrons. The summed E-state index contributed by atoms with van der Waals surface area (Å²) < 4.78 is 23.2. The molecule has 1 fully saturated rings. The standard InChI is InChI=1S/C22H25FN8O2/c1-14-13-33-10-8-30(14)20-12-17(18-5-6-25-29(18)2)27-22(28-20)31-19-11-15(23)3-4-16(19)26-21(31)24-7-9-32/h3-6,11-12,14,32H,7-10,13H2,1-2H3,(H,24,26)/t14-/m1/s1. The van der Waals surface area contributed by atoms with Crippen LogP contribution >= 0.6 is 0 Å². The van der Waals surface area contributed by atoms with E-state index in [0.29, 0.717) is 48.4 Å². The molecule has 4 heterocycles. The first-order valence-electron chi connectivity index (χ1n) is 10.8. The van der Waals surface area contributed by atoms with Gasteiger partial charge in [-0.3, -0.25) is 4.68 Å². The Balaban J connectivity index is 1.74. The number of anilines is 2. The van der Waals surface area contributed by atoms with Gasteiger partial charge in [-0.2, -0.15) is 10.1 Å². The second-order valence-electron chi connectivity index (χ2n) is 7.92. The number of aliphatic hydroxyl groups excluding tert-OH is 1. The first kappa shape index (κ1) is 21.3. The number of ether oxygens (including phenoxy) is 1. The number of rotatable bonds is 6. The average molecular weight is 452 g/mol. The molecule has 5 rings (SSSR count). The second-order valence-corrected chi connectivity index (χ2v) is 7.92. The molecule has 0 spiro atoms. The highest BCUT2D eigenvalue weighted by atomic mass is 19.1. The largest absolute Gasteiger partial charge is 0.395 e. The van der Waals surface area contributed by atoms with Crippen LogP contribution in [-0.4, -0.2) is 73.4 Å². The summed E-state index contributed by atoms with van der Waals surface area (Å²) in [6, 6.07) is 8.33. The molecule has 0 amide bonds. The Morgan fingerprint density at radius 2 is 2.09 bits per heavy atom. The third kappa shape index (κ3) is 4.00. The monoisotopic (exact) mass is 452 g/mol. The van der Waals surface area contributed by atoms with E-state index in [1.54, 1.807) is 21.5 Å². The second kappa shape index (κ2) is 8.75. The maximum Gasteiger partial charge on any atom is 0.239 e. The van der Waals surface area contributed by atoms with Gasteiger partial charge in [0.15, 0.2) is 0 Å². The van der Waals surface area contributed by atoms with E-state index in [1.165, 1.54) is 12.1 Å². The fraction of sp³-hybridized carbons (Fsp3) is 0.364. The van der Waals surface area contributed by atoms with Gasteiger partial charge in [0.1, 0.15) is 11.6 Å². The van der Waals surface area contributed by atoms with Gasteiger partial charge in [0.2, 0.25) is 11.9 Å². The number of nitrogens with zero attached hydrogens (tertiary/aromatic N) is 7. The van der Waals surface area contributed by atoms with Crippen molar-refractivity contribution >= 4 is 22.8 Å². The molecular formula is C22H25FN8O2. The van der Waals surface area contributed by atoms with E-state index in [1.807, 2.05) is 19.2 Å². The van der Waals surface area contributed by atoms with Crippen molar-refractivity contribution in [2.75, 3.05) is 43.1 Å². The normalized spacial score (nSPS) is 16.5. The quantitative estimate of drug-likeness (QED) is 0.458. The van der Waals surface area contributed by atoms with Gasteiger partial charge in [-0.25, -0.2) is 18.9 Å². The maximum absolute atomic E-state index is 14.2. The van der Waals surface area contributed by atoms with Gasteiger partial charge in [0.05, 0.1) is 48.3 Å². The van der Waals surface area contributed by atoms with Crippen LogP contribution in [-0.2, 0) is 11.8 Å². The van der Waals surface area contributed by atoms with Crippen LogP contribution in [0.2, 0.25) is 0 Å². The Labute approximate surface area is 189 Å². The molecule has 0 saturated carbocycles. The number of aromatic nitrogens is 6.